The number of hydrogen-bond acceptors (Lipinski definition) is 6. The second-order valence-electron chi connectivity index (χ2n) is 10.7. The first-order chi connectivity index (χ1) is 18.9. The fraction of sp³-hybridized carbons (Fsp3) is 0.345. The largest absolute Gasteiger partial charge is 0.481 e. The number of pyridine rings is 1. The zero-order valence-corrected chi connectivity index (χ0v) is 23.8. The number of aromatic nitrogens is 1. The van der Waals surface area contributed by atoms with Crippen molar-refractivity contribution >= 4 is 35.0 Å². The number of halogens is 4. The Morgan fingerprint density at radius 1 is 1.20 bits per heavy atom. The number of benzene rings is 2. The second-order valence-corrected chi connectivity index (χ2v) is 11.6. The van der Waals surface area contributed by atoms with Gasteiger partial charge in [0.05, 0.1) is 36.0 Å². The van der Waals surface area contributed by atoms with Gasteiger partial charge in [-0.05, 0) is 41.7 Å². The quantitative estimate of drug-likeness (QED) is 0.316. The minimum absolute atomic E-state index is 0.00334. The van der Waals surface area contributed by atoms with Crippen LogP contribution in [-0.4, -0.2) is 30.5 Å². The summed E-state index contributed by atoms with van der Waals surface area (Å²) in [5, 5.41) is 16.6. The van der Waals surface area contributed by atoms with Gasteiger partial charge in [-0.2, -0.15) is 5.26 Å². The molecule has 40 heavy (non-hydrogen) atoms. The highest BCUT2D eigenvalue weighted by Crippen LogP contribution is 2.53. The summed E-state index contributed by atoms with van der Waals surface area (Å²) >= 11 is 12.2. The molecule has 0 saturated carbocycles. The number of nitrogens with zero attached hydrogens (tertiary/aromatic N) is 2. The molecule has 1 aromatic heterocycles. The third-order valence-electron chi connectivity index (χ3n) is 6.83. The van der Waals surface area contributed by atoms with E-state index in [-0.39, 0.29) is 26.6 Å². The van der Waals surface area contributed by atoms with Gasteiger partial charge in [-0.25, -0.2) is 18.6 Å². The van der Waals surface area contributed by atoms with Crippen molar-refractivity contribution in [2.75, 3.05) is 12.4 Å². The number of carbonyl (C=O) groups excluding carboxylic acids is 1. The van der Waals surface area contributed by atoms with E-state index in [9.17, 15) is 10.1 Å². The maximum absolute atomic E-state index is 15.6. The average molecular weight is 589 g/mol. The van der Waals surface area contributed by atoms with Crippen molar-refractivity contribution in [3.05, 3.63) is 87.5 Å². The molecule has 210 valence electrons. The van der Waals surface area contributed by atoms with E-state index in [0.29, 0.717) is 18.0 Å². The number of nitriles is 1. The van der Waals surface area contributed by atoms with Crippen LogP contribution in [0.1, 0.15) is 44.2 Å². The number of ether oxygens (including phenoxy) is 2. The highest BCUT2D eigenvalue weighted by Gasteiger charge is 2.61. The van der Waals surface area contributed by atoms with Crippen LogP contribution in [0.4, 0.5) is 19.3 Å². The molecule has 0 radical (unpaired) electrons. The van der Waals surface area contributed by atoms with Crippen LogP contribution < -0.4 is 15.4 Å². The molecule has 4 rings (SSSR count). The molecule has 0 bridgehead atoms. The van der Waals surface area contributed by atoms with Crippen molar-refractivity contribution in [2.24, 2.45) is 5.41 Å². The molecule has 0 spiro atoms. The van der Waals surface area contributed by atoms with Gasteiger partial charge in [0.1, 0.15) is 17.0 Å². The summed E-state index contributed by atoms with van der Waals surface area (Å²) in [6.07, 6.45) is -0.412. The third kappa shape index (κ3) is 5.85. The lowest BCUT2D eigenvalue weighted by molar-refractivity contribution is 0.0851. The predicted octanol–water partition coefficient (Wildman–Crippen LogP) is 7.20. The fourth-order valence-corrected chi connectivity index (χ4v) is 5.55. The Kier molecular flexibility index (Phi) is 8.55. The van der Waals surface area contributed by atoms with E-state index in [2.05, 4.69) is 21.7 Å². The standard InChI is InChI=1S/C29H28Cl2F2N4O3/c1-28(2,3)13-22-29(15-34,19-10-8-16(30)12-21(19)32)24(18-6-5-7-20(31)25(18)33)26(37-22)40-27(38)36-17-9-11-23(39-4)35-14-17/h5-12,14,22,24,26,37H,13H2,1-4H3,(H,36,38)/t22-,24-,26+,29-/m0/s1. The number of carbonyl (C=O) groups is 1. The molecule has 1 saturated heterocycles. The van der Waals surface area contributed by atoms with Crippen LogP contribution in [0, 0.1) is 28.4 Å². The number of amides is 1. The lowest BCUT2D eigenvalue weighted by Gasteiger charge is -2.37. The zero-order valence-electron chi connectivity index (χ0n) is 22.3. The van der Waals surface area contributed by atoms with E-state index in [4.69, 9.17) is 32.7 Å². The Balaban J connectivity index is 1.85. The van der Waals surface area contributed by atoms with Gasteiger partial charge in [0, 0.05) is 22.7 Å². The van der Waals surface area contributed by atoms with Gasteiger partial charge in [-0.1, -0.05) is 62.2 Å². The normalized spacial score (nSPS) is 22.4. The van der Waals surface area contributed by atoms with Crippen LogP contribution in [0.2, 0.25) is 10.0 Å². The van der Waals surface area contributed by atoms with Gasteiger partial charge >= 0.3 is 6.09 Å². The van der Waals surface area contributed by atoms with Crippen molar-refractivity contribution in [1.29, 1.82) is 5.26 Å². The minimum atomic E-state index is -1.72. The Hall–Kier alpha value is -3.45. The van der Waals surface area contributed by atoms with E-state index in [0.717, 1.165) is 6.07 Å². The first kappa shape index (κ1) is 29.5. The van der Waals surface area contributed by atoms with E-state index in [1.807, 2.05) is 20.8 Å². The van der Waals surface area contributed by atoms with Crippen LogP contribution in [-0.2, 0) is 10.2 Å². The Morgan fingerprint density at radius 3 is 2.55 bits per heavy atom. The Labute approximate surface area is 241 Å². The lowest BCUT2D eigenvalue weighted by Crippen LogP contribution is -2.44. The third-order valence-corrected chi connectivity index (χ3v) is 7.36. The van der Waals surface area contributed by atoms with Gasteiger partial charge < -0.3 is 9.47 Å². The molecule has 1 fully saturated rings. The van der Waals surface area contributed by atoms with Crippen LogP contribution in [0.3, 0.4) is 0 Å². The Bertz CT molecular complexity index is 1440. The molecule has 2 heterocycles. The molecule has 4 atom stereocenters. The molecule has 3 aromatic rings. The summed E-state index contributed by atoms with van der Waals surface area (Å²) < 4.78 is 42.1. The van der Waals surface area contributed by atoms with Crippen LogP contribution in [0.5, 0.6) is 5.88 Å². The van der Waals surface area contributed by atoms with E-state index < -0.39 is 41.3 Å². The molecule has 0 unspecified atom stereocenters. The molecular formula is C29H28Cl2F2N4O3. The molecule has 1 aliphatic rings. The number of rotatable bonds is 6. The van der Waals surface area contributed by atoms with Gasteiger partial charge in [0.25, 0.3) is 0 Å². The molecule has 1 aliphatic heterocycles. The summed E-state index contributed by atoms with van der Waals surface area (Å²) in [6.45, 7) is 5.88. The first-order valence-electron chi connectivity index (χ1n) is 12.4. The first-order valence-corrected chi connectivity index (χ1v) is 13.2. The van der Waals surface area contributed by atoms with Crippen LogP contribution >= 0.6 is 23.2 Å². The van der Waals surface area contributed by atoms with Gasteiger partial charge in [-0.15, -0.1) is 0 Å². The number of methoxy groups -OCH3 is 1. The predicted molar refractivity (Wildman–Crippen MR) is 149 cm³/mol. The Morgan fingerprint density at radius 2 is 1.95 bits per heavy atom. The molecule has 2 N–H and O–H groups in total. The van der Waals surface area contributed by atoms with E-state index in [1.165, 1.54) is 43.6 Å². The topological polar surface area (TPSA) is 96.3 Å². The number of anilines is 1. The molecular weight excluding hydrogens is 561 g/mol. The van der Waals surface area contributed by atoms with E-state index >= 15 is 8.78 Å². The summed E-state index contributed by atoms with van der Waals surface area (Å²) in [7, 11) is 1.46. The van der Waals surface area contributed by atoms with Crippen molar-refractivity contribution in [3.63, 3.8) is 0 Å². The average Bonchev–Trinajstić information content (AvgIpc) is 3.17. The molecule has 2 aromatic carbocycles. The lowest BCUT2D eigenvalue weighted by atomic mass is 9.63. The zero-order chi connectivity index (χ0) is 29.2. The van der Waals surface area contributed by atoms with Crippen LogP contribution in [0.25, 0.3) is 0 Å². The van der Waals surface area contributed by atoms with Gasteiger partial charge in [-0.3, -0.25) is 10.6 Å². The maximum Gasteiger partial charge on any atom is 0.413 e. The van der Waals surface area contributed by atoms with Crippen molar-refractivity contribution < 1.29 is 23.0 Å². The summed E-state index contributed by atoms with van der Waals surface area (Å²) in [4.78, 5) is 17.1. The summed E-state index contributed by atoms with van der Waals surface area (Å²) in [6, 6.07) is 13.0. The minimum Gasteiger partial charge on any atom is -0.481 e. The summed E-state index contributed by atoms with van der Waals surface area (Å²) in [5.74, 6) is -2.38. The molecule has 7 nitrogen and oxygen atoms in total. The fourth-order valence-electron chi connectivity index (χ4n) is 5.21. The van der Waals surface area contributed by atoms with Crippen LogP contribution in [0.15, 0.2) is 54.7 Å². The summed E-state index contributed by atoms with van der Waals surface area (Å²) in [5.41, 5.74) is -1.77. The molecule has 0 aliphatic carbocycles. The second kappa shape index (κ2) is 11.6. The van der Waals surface area contributed by atoms with Gasteiger partial charge in [0.2, 0.25) is 5.88 Å². The molecule has 1 amide bonds. The monoisotopic (exact) mass is 588 g/mol. The van der Waals surface area contributed by atoms with E-state index in [1.54, 1.807) is 12.1 Å². The molecule has 11 heteroatoms. The van der Waals surface area contributed by atoms with Crippen molar-refractivity contribution in [3.8, 4) is 11.9 Å². The SMILES string of the molecule is COc1ccc(NC(=O)O[C@H]2N[C@@H](CC(C)(C)C)[C@](C#N)(c3ccc(Cl)cc3F)[C@H]2c2cccc(Cl)c2F)cn1. The van der Waals surface area contributed by atoms with Crippen molar-refractivity contribution in [2.45, 2.75) is 50.8 Å². The smallest absolute Gasteiger partial charge is 0.413 e. The number of nitrogens with one attached hydrogen (secondary N) is 2. The maximum atomic E-state index is 15.6. The highest BCUT2D eigenvalue weighted by molar-refractivity contribution is 6.31. The van der Waals surface area contributed by atoms with Gasteiger partial charge in [0.15, 0.2) is 6.23 Å². The highest BCUT2D eigenvalue weighted by atomic mass is 35.5. The van der Waals surface area contributed by atoms with Crippen molar-refractivity contribution in [1.82, 2.24) is 10.3 Å². The number of hydrogen-bond donors (Lipinski definition) is 2.